The second kappa shape index (κ2) is 17.0. The first-order chi connectivity index (χ1) is 18.6. The van der Waals surface area contributed by atoms with Crippen molar-refractivity contribution < 1.29 is 33.3 Å². The number of carbonyl (C=O) groups is 3. The van der Waals surface area contributed by atoms with Crippen molar-refractivity contribution in [2.45, 2.75) is 124 Å². The quantitative estimate of drug-likeness (QED) is 0.0861. The Kier molecular flexibility index (Phi) is 14.4. The third kappa shape index (κ3) is 11.6. The Morgan fingerprint density at radius 3 is 2.54 bits per heavy atom. The smallest absolute Gasteiger partial charge is 0.305 e. The van der Waals surface area contributed by atoms with Gasteiger partial charge in [-0.15, -0.1) is 0 Å². The number of ketones is 1. The van der Waals surface area contributed by atoms with Crippen LogP contribution in [0.3, 0.4) is 0 Å². The van der Waals surface area contributed by atoms with Crippen LogP contribution >= 0.6 is 0 Å². The summed E-state index contributed by atoms with van der Waals surface area (Å²) >= 11 is 0. The van der Waals surface area contributed by atoms with Gasteiger partial charge in [0.2, 0.25) is 0 Å². The van der Waals surface area contributed by atoms with Crippen molar-refractivity contribution in [1.82, 2.24) is 0 Å². The van der Waals surface area contributed by atoms with Crippen LogP contribution in [0.25, 0.3) is 0 Å². The standard InChI is InChI=1S/C32H52O7/c1-7-8-19-32(4,5)29(34)18-17-25-26(21-23(2)14-10-9-11-15-30(35)36-6)28(38-24(3)33)22-27(25)39-31-16-12-13-20-37-31/h12,16-18,23,25-28,31H,7-11,13-15,19-22H2,1-6H3/b18-17+/t23?,25-,26-,27-,28+,31?/m1/s1. The van der Waals surface area contributed by atoms with Crippen molar-refractivity contribution in [3.63, 3.8) is 0 Å². The first-order valence-corrected chi connectivity index (χ1v) is 15.0. The molecule has 2 rings (SSSR count). The Bertz CT molecular complexity index is 830. The predicted octanol–water partition coefficient (Wildman–Crippen LogP) is 6.73. The Labute approximate surface area is 236 Å². The summed E-state index contributed by atoms with van der Waals surface area (Å²) in [4.78, 5) is 36.6. The fraction of sp³-hybridized carbons (Fsp3) is 0.781. The highest BCUT2D eigenvalue weighted by Crippen LogP contribution is 2.43. The number of unbranched alkanes of at least 4 members (excludes halogenated alkanes) is 3. The second-order valence-corrected chi connectivity index (χ2v) is 12.0. The molecule has 222 valence electrons. The normalized spacial score (nSPS) is 26.1. The molecule has 6 atom stereocenters. The van der Waals surface area contributed by atoms with Crippen LogP contribution in [-0.2, 0) is 33.3 Å². The average Bonchev–Trinajstić information content (AvgIpc) is 3.20. The third-order valence-electron chi connectivity index (χ3n) is 8.12. The number of allylic oxidation sites excluding steroid dienone is 1. The molecule has 0 spiro atoms. The Hall–Kier alpha value is -1.99. The van der Waals surface area contributed by atoms with Gasteiger partial charge in [0.1, 0.15) is 6.10 Å². The highest BCUT2D eigenvalue weighted by Gasteiger charge is 2.46. The van der Waals surface area contributed by atoms with Crippen molar-refractivity contribution in [3.8, 4) is 0 Å². The monoisotopic (exact) mass is 548 g/mol. The molecule has 1 fully saturated rings. The molecule has 7 nitrogen and oxygen atoms in total. The van der Waals surface area contributed by atoms with Crippen LogP contribution in [0.4, 0.5) is 0 Å². The summed E-state index contributed by atoms with van der Waals surface area (Å²) in [7, 11) is 1.42. The number of methoxy groups -OCH3 is 1. The van der Waals surface area contributed by atoms with Gasteiger partial charge in [-0.2, -0.15) is 0 Å². The molecule has 2 unspecified atom stereocenters. The molecule has 2 aliphatic rings. The number of hydrogen-bond acceptors (Lipinski definition) is 7. The molecular formula is C32H52O7. The molecule has 1 heterocycles. The van der Waals surface area contributed by atoms with Gasteiger partial charge >= 0.3 is 11.9 Å². The Balaban J connectivity index is 2.17. The van der Waals surface area contributed by atoms with E-state index in [1.54, 1.807) is 6.08 Å². The highest BCUT2D eigenvalue weighted by atomic mass is 16.7. The third-order valence-corrected chi connectivity index (χ3v) is 8.12. The molecule has 0 N–H and O–H groups in total. The van der Waals surface area contributed by atoms with Crippen molar-refractivity contribution in [1.29, 1.82) is 0 Å². The lowest BCUT2D eigenvalue weighted by Crippen LogP contribution is -2.30. The summed E-state index contributed by atoms with van der Waals surface area (Å²) in [5, 5.41) is 0. The van der Waals surface area contributed by atoms with Crippen LogP contribution in [0.1, 0.15) is 105 Å². The van der Waals surface area contributed by atoms with Gasteiger partial charge in [-0.25, -0.2) is 0 Å². The van der Waals surface area contributed by atoms with Gasteiger partial charge in [0.15, 0.2) is 12.1 Å². The summed E-state index contributed by atoms with van der Waals surface area (Å²) in [5.74, 6) is 0.0260. The van der Waals surface area contributed by atoms with E-state index in [1.807, 2.05) is 26.0 Å². The van der Waals surface area contributed by atoms with Crippen LogP contribution in [-0.4, -0.2) is 49.9 Å². The van der Waals surface area contributed by atoms with E-state index in [4.69, 9.17) is 18.9 Å². The molecule has 0 aromatic carbocycles. The topological polar surface area (TPSA) is 88.1 Å². The molecule has 0 amide bonds. The molecule has 1 aliphatic carbocycles. The largest absolute Gasteiger partial charge is 0.469 e. The van der Waals surface area contributed by atoms with Crippen LogP contribution in [0.15, 0.2) is 24.3 Å². The van der Waals surface area contributed by atoms with E-state index < -0.39 is 11.7 Å². The van der Waals surface area contributed by atoms with Gasteiger partial charge in [0, 0.05) is 37.0 Å². The Morgan fingerprint density at radius 2 is 1.90 bits per heavy atom. The number of rotatable bonds is 17. The van der Waals surface area contributed by atoms with Crippen LogP contribution in [0, 0.1) is 23.2 Å². The minimum atomic E-state index is -0.430. The van der Waals surface area contributed by atoms with Gasteiger partial charge < -0.3 is 18.9 Å². The number of esters is 2. The van der Waals surface area contributed by atoms with Crippen molar-refractivity contribution in [2.75, 3.05) is 13.7 Å². The van der Waals surface area contributed by atoms with Gasteiger partial charge in [-0.3, -0.25) is 14.4 Å². The first kappa shape index (κ1) is 33.2. The molecule has 7 heteroatoms. The van der Waals surface area contributed by atoms with Gasteiger partial charge in [0.05, 0.1) is 19.8 Å². The Morgan fingerprint density at radius 1 is 1.13 bits per heavy atom. The molecule has 0 aromatic heterocycles. The van der Waals surface area contributed by atoms with E-state index in [2.05, 4.69) is 19.9 Å². The van der Waals surface area contributed by atoms with E-state index >= 15 is 0 Å². The van der Waals surface area contributed by atoms with Gasteiger partial charge in [-0.05, 0) is 43.8 Å². The fourth-order valence-corrected chi connectivity index (χ4v) is 5.72. The number of ether oxygens (including phenoxy) is 4. The van der Waals surface area contributed by atoms with E-state index in [1.165, 1.54) is 14.0 Å². The van der Waals surface area contributed by atoms with Crippen LogP contribution in [0.2, 0.25) is 0 Å². The molecule has 0 aromatic rings. The van der Waals surface area contributed by atoms with E-state index in [0.717, 1.165) is 57.8 Å². The molecule has 0 bridgehead atoms. The number of hydrogen-bond donors (Lipinski definition) is 0. The summed E-state index contributed by atoms with van der Waals surface area (Å²) < 4.78 is 22.8. The summed E-state index contributed by atoms with van der Waals surface area (Å²) in [6.45, 7) is 10.5. The maximum Gasteiger partial charge on any atom is 0.305 e. The van der Waals surface area contributed by atoms with Gasteiger partial charge in [-0.1, -0.05) is 72.0 Å². The maximum absolute atomic E-state index is 13.2. The zero-order chi connectivity index (χ0) is 28.8. The summed E-state index contributed by atoms with van der Waals surface area (Å²) in [6, 6.07) is 0. The summed E-state index contributed by atoms with van der Waals surface area (Å²) in [5.41, 5.74) is -0.418. The average molecular weight is 549 g/mol. The molecular weight excluding hydrogens is 496 g/mol. The maximum atomic E-state index is 13.2. The zero-order valence-corrected chi connectivity index (χ0v) is 25.1. The lowest BCUT2D eigenvalue weighted by Gasteiger charge is -2.29. The van der Waals surface area contributed by atoms with Gasteiger partial charge in [0.25, 0.3) is 0 Å². The predicted molar refractivity (Wildman–Crippen MR) is 152 cm³/mol. The van der Waals surface area contributed by atoms with Crippen LogP contribution in [0.5, 0.6) is 0 Å². The van der Waals surface area contributed by atoms with Crippen molar-refractivity contribution in [2.24, 2.45) is 23.2 Å². The first-order valence-electron chi connectivity index (χ1n) is 15.0. The van der Waals surface area contributed by atoms with Crippen molar-refractivity contribution in [3.05, 3.63) is 24.3 Å². The fourth-order valence-electron chi connectivity index (χ4n) is 5.72. The van der Waals surface area contributed by atoms with E-state index in [0.29, 0.717) is 25.4 Å². The zero-order valence-electron chi connectivity index (χ0n) is 25.1. The lowest BCUT2D eigenvalue weighted by atomic mass is 9.80. The SMILES string of the molecule is CCCCC(C)(C)C(=O)/C=C/[C@@H]1[C@@H](CC(C)CCCCCC(=O)OC)[C@@H](OC(C)=O)C[C@H]1OC1C=CCCO1. The lowest BCUT2D eigenvalue weighted by molar-refractivity contribution is -0.155. The highest BCUT2D eigenvalue weighted by molar-refractivity contribution is 5.94. The molecule has 1 saturated carbocycles. The molecule has 39 heavy (non-hydrogen) atoms. The van der Waals surface area contributed by atoms with E-state index in [-0.39, 0.29) is 41.8 Å². The van der Waals surface area contributed by atoms with E-state index in [9.17, 15) is 14.4 Å². The molecule has 1 aliphatic heterocycles. The van der Waals surface area contributed by atoms with Crippen LogP contribution < -0.4 is 0 Å². The minimum Gasteiger partial charge on any atom is -0.469 e. The minimum absolute atomic E-state index is 0.0411. The molecule has 0 radical (unpaired) electrons. The molecule has 0 saturated heterocycles. The summed E-state index contributed by atoms with van der Waals surface area (Å²) in [6.07, 6.45) is 16.4. The van der Waals surface area contributed by atoms with Crippen molar-refractivity contribution >= 4 is 17.7 Å². The number of carbonyl (C=O) groups excluding carboxylic acids is 3. The second-order valence-electron chi connectivity index (χ2n) is 12.0.